The number of fused-ring (bicyclic) bond motifs is 5. The molecule has 1 heterocycles. The highest BCUT2D eigenvalue weighted by atomic mass is 19.3. The Balaban J connectivity index is 1.72. The molecule has 11 heteroatoms. The highest BCUT2D eigenvalue weighted by Gasteiger charge is 2.42. The first-order valence-electron chi connectivity index (χ1n) is 16.5. The van der Waals surface area contributed by atoms with Gasteiger partial charge in [-0.25, -0.2) is 13.6 Å². The number of unbranched alkanes of at least 4 members (excludes halogenated alkanes) is 1. The van der Waals surface area contributed by atoms with Gasteiger partial charge in [-0.15, -0.1) is 0 Å². The summed E-state index contributed by atoms with van der Waals surface area (Å²) in [6, 6.07) is 20.1. The molecule has 0 aliphatic heterocycles. The van der Waals surface area contributed by atoms with Crippen LogP contribution >= 0.6 is 0 Å². The lowest BCUT2D eigenvalue weighted by molar-refractivity contribution is -0.148. The van der Waals surface area contributed by atoms with Crippen molar-refractivity contribution < 1.29 is 41.5 Å². The second kappa shape index (κ2) is 15.2. The number of aromatic nitrogens is 1. The van der Waals surface area contributed by atoms with Gasteiger partial charge >= 0.3 is 18.3 Å². The van der Waals surface area contributed by atoms with Gasteiger partial charge in [0, 0.05) is 46.3 Å². The van der Waals surface area contributed by atoms with Gasteiger partial charge in [0.05, 0.1) is 11.1 Å². The van der Waals surface area contributed by atoms with Crippen molar-refractivity contribution in [2.75, 3.05) is 6.61 Å². The quantitative estimate of drug-likeness (QED) is 0.0359. The van der Waals surface area contributed by atoms with E-state index in [-0.39, 0.29) is 22.6 Å². The van der Waals surface area contributed by atoms with Crippen LogP contribution in [-0.2, 0) is 16.2 Å². The second-order valence-corrected chi connectivity index (χ2v) is 12.4. The van der Waals surface area contributed by atoms with Crippen LogP contribution in [0.25, 0.3) is 32.6 Å². The highest BCUT2D eigenvalue weighted by Crippen LogP contribution is 2.39. The molecular weight excluding hydrogens is 652 g/mol. The van der Waals surface area contributed by atoms with Gasteiger partial charge in [-0.1, -0.05) is 74.7 Å². The predicted molar refractivity (Wildman–Crippen MR) is 186 cm³/mol. The number of ketones is 2. The average Bonchev–Trinajstić information content (AvgIpc) is 3.42. The molecule has 4 aromatic carbocycles. The summed E-state index contributed by atoms with van der Waals surface area (Å²) in [7, 11) is 0. The molecule has 0 fully saturated rings. The van der Waals surface area contributed by atoms with E-state index in [1.54, 1.807) is 18.2 Å². The fourth-order valence-corrected chi connectivity index (χ4v) is 6.20. The van der Waals surface area contributed by atoms with Crippen LogP contribution in [0.15, 0.2) is 78.0 Å². The fourth-order valence-electron chi connectivity index (χ4n) is 6.20. The molecule has 262 valence electrons. The maximum absolute atomic E-state index is 13.9. The molecule has 0 bridgehead atoms. The van der Waals surface area contributed by atoms with E-state index in [4.69, 9.17) is 9.57 Å². The van der Waals surface area contributed by atoms with Crippen LogP contribution in [0.3, 0.4) is 0 Å². The first-order valence-corrected chi connectivity index (χ1v) is 16.5. The Morgan fingerprint density at radius 1 is 0.860 bits per heavy atom. The molecule has 1 atom stereocenters. The molecule has 0 aliphatic rings. The number of hydrogen-bond acceptors (Lipinski definition) is 6. The molecular formula is C39H38F4N2O5. The first kappa shape index (κ1) is 36.2. The smallest absolute Gasteiger partial charge is 0.340 e. The van der Waals surface area contributed by atoms with Crippen molar-refractivity contribution in [1.82, 2.24) is 4.57 Å². The predicted octanol–water partition coefficient (Wildman–Crippen LogP) is 9.80. The van der Waals surface area contributed by atoms with Crippen LogP contribution in [0.5, 0.6) is 5.75 Å². The number of para-hydroxylation sites is 1. The Hall–Kier alpha value is -5.06. The molecule has 1 aromatic heterocycles. The van der Waals surface area contributed by atoms with Crippen molar-refractivity contribution >= 4 is 55.8 Å². The van der Waals surface area contributed by atoms with Crippen LogP contribution in [0.4, 0.5) is 17.6 Å². The lowest BCUT2D eigenvalue weighted by Crippen LogP contribution is -2.34. The number of rotatable bonds is 15. The van der Waals surface area contributed by atoms with E-state index in [9.17, 15) is 31.9 Å². The number of oxime groups is 1. The van der Waals surface area contributed by atoms with E-state index in [0.717, 1.165) is 42.1 Å². The standard InChI is InChI=1S/C39H38F4N2O5/c1-5-7-12-25(6-2)21-45-33-18-17-26(37(48)29-15-10-11-16-34(29)49-22-39(42,43)38(40)41)19-30(33)31-20-32(36(47)23(3)44-50-24(4)46)27-13-8-9-14-28(27)35(31)45/h8-11,13-20,25,38H,5-7,12,21-22H2,1-4H3. The van der Waals surface area contributed by atoms with Gasteiger partial charge in [0.15, 0.2) is 12.4 Å². The van der Waals surface area contributed by atoms with E-state index >= 15 is 0 Å². The summed E-state index contributed by atoms with van der Waals surface area (Å²) in [5.41, 5.74) is 2.15. The molecule has 0 spiro atoms. The van der Waals surface area contributed by atoms with Crippen molar-refractivity contribution in [3.8, 4) is 5.75 Å². The Morgan fingerprint density at radius 2 is 1.56 bits per heavy atom. The van der Waals surface area contributed by atoms with Crippen molar-refractivity contribution in [3.05, 3.63) is 89.5 Å². The van der Waals surface area contributed by atoms with Gasteiger partial charge in [0.25, 0.3) is 0 Å². The van der Waals surface area contributed by atoms with Gasteiger partial charge < -0.3 is 14.1 Å². The lowest BCUT2D eigenvalue weighted by atomic mass is 9.95. The highest BCUT2D eigenvalue weighted by molar-refractivity contribution is 6.48. The maximum atomic E-state index is 13.9. The Morgan fingerprint density at radius 3 is 2.24 bits per heavy atom. The third-order valence-corrected chi connectivity index (χ3v) is 8.87. The molecule has 5 rings (SSSR count). The maximum Gasteiger partial charge on any atom is 0.340 e. The normalized spacial score (nSPS) is 12.9. The number of ether oxygens (including phenoxy) is 1. The molecule has 1 unspecified atom stereocenters. The summed E-state index contributed by atoms with van der Waals surface area (Å²) < 4.78 is 60.4. The zero-order valence-corrected chi connectivity index (χ0v) is 28.3. The Kier molecular flexibility index (Phi) is 11.0. The summed E-state index contributed by atoms with van der Waals surface area (Å²) in [5.74, 6) is -5.96. The summed E-state index contributed by atoms with van der Waals surface area (Å²) in [6.07, 6.45) is 0.164. The number of alkyl halides is 4. The van der Waals surface area contributed by atoms with Crippen LogP contribution in [0, 0.1) is 5.92 Å². The van der Waals surface area contributed by atoms with Gasteiger partial charge in [0.1, 0.15) is 11.5 Å². The Labute approximate surface area is 286 Å². The van der Waals surface area contributed by atoms with Crippen molar-refractivity contribution in [3.63, 3.8) is 0 Å². The second-order valence-electron chi connectivity index (χ2n) is 12.4. The molecule has 0 saturated heterocycles. The minimum absolute atomic E-state index is 0.0241. The number of benzene rings is 4. The monoisotopic (exact) mass is 690 g/mol. The fraction of sp³-hybridized carbons (Fsp3) is 0.333. The largest absolute Gasteiger partial charge is 0.486 e. The van der Waals surface area contributed by atoms with Crippen molar-refractivity contribution in [2.45, 2.75) is 72.3 Å². The zero-order chi connectivity index (χ0) is 36.2. The Bertz CT molecular complexity index is 2100. The summed E-state index contributed by atoms with van der Waals surface area (Å²) in [4.78, 5) is 43.8. The average molecular weight is 691 g/mol. The van der Waals surface area contributed by atoms with E-state index in [0.29, 0.717) is 34.2 Å². The number of hydrogen-bond donors (Lipinski definition) is 0. The SMILES string of the molecule is CCCCC(CC)Cn1c2ccc(C(=O)c3ccccc3OCC(F)(F)C(F)F)cc2c2cc(C(=O)C(C)=NOC(C)=O)c3ccccc3c21. The lowest BCUT2D eigenvalue weighted by Gasteiger charge is -2.18. The van der Waals surface area contributed by atoms with Crippen LogP contribution in [0.2, 0.25) is 0 Å². The van der Waals surface area contributed by atoms with Crippen molar-refractivity contribution in [2.24, 2.45) is 11.1 Å². The van der Waals surface area contributed by atoms with Crippen molar-refractivity contribution in [1.29, 1.82) is 0 Å². The van der Waals surface area contributed by atoms with Gasteiger partial charge in [-0.2, -0.15) is 8.78 Å². The molecule has 7 nitrogen and oxygen atoms in total. The molecule has 0 radical (unpaired) electrons. The van der Waals surface area contributed by atoms with Gasteiger partial charge in [-0.3, -0.25) is 9.59 Å². The zero-order valence-electron chi connectivity index (χ0n) is 28.3. The number of carbonyl (C=O) groups is 3. The minimum Gasteiger partial charge on any atom is -0.486 e. The molecule has 5 aromatic rings. The molecule has 0 aliphatic carbocycles. The van der Waals surface area contributed by atoms with Crippen LogP contribution in [0.1, 0.15) is 79.7 Å². The summed E-state index contributed by atoms with van der Waals surface area (Å²) >= 11 is 0. The third kappa shape index (κ3) is 7.41. The number of nitrogens with zero attached hydrogens (tertiary/aromatic N) is 2. The molecule has 0 saturated carbocycles. The van der Waals surface area contributed by atoms with E-state index < -0.39 is 36.5 Å². The third-order valence-electron chi connectivity index (χ3n) is 8.87. The van der Waals surface area contributed by atoms with E-state index in [1.807, 2.05) is 30.3 Å². The van der Waals surface area contributed by atoms with Gasteiger partial charge in [-0.05, 0) is 61.0 Å². The number of Topliss-reactive ketones (excluding diaryl/α,β-unsaturated/α-hetero) is 1. The summed E-state index contributed by atoms with van der Waals surface area (Å²) in [6.45, 7) is 6.04. The molecule has 50 heavy (non-hydrogen) atoms. The van der Waals surface area contributed by atoms with Gasteiger partial charge in [0.2, 0.25) is 5.78 Å². The van der Waals surface area contributed by atoms with Crippen LogP contribution < -0.4 is 4.74 Å². The number of halogens is 4. The van der Waals surface area contributed by atoms with E-state index in [1.165, 1.54) is 38.1 Å². The topological polar surface area (TPSA) is 87.0 Å². The molecule has 0 N–H and O–H groups in total. The number of carbonyl (C=O) groups excluding carboxylic acids is 3. The summed E-state index contributed by atoms with van der Waals surface area (Å²) in [5, 5.41) is 6.58. The first-order chi connectivity index (χ1) is 23.9. The van der Waals surface area contributed by atoms with E-state index in [2.05, 4.69) is 23.6 Å². The molecule has 0 amide bonds. The minimum atomic E-state index is -4.40. The van der Waals surface area contributed by atoms with Crippen LogP contribution in [-0.4, -0.2) is 46.8 Å².